The van der Waals surface area contributed by atoms with E-state index in [0.717, 1.165) is 15.3 Å². The molecule has 174 valence electrons. The Kier molecular flexibility index (Phi) is 5.67. The lowest BCUT2D eigenvalue weighted by molar-refractivity contribution is -0.126. The number of hydroxylamine groups is 1. The van der Waals surface area contributed by atoms with Gasteiger partial charge in [-0.1, -0.05) is 41.9 Å². The number of ether oxygens (including phenoxy) is 1. The molecule has 9 heteroatoms. The van der Waals surface area contributed by atoms with E-state index in [-0.39, 0.29) is 10.6 Å². The quantitative estimate of drug-likeness (QED) is 0.379. The van der Waals surface area contributed by atoms with Crippen molar-refractivity contribution in [3.8, 4) is 0 Å². The molecule has 2 aromatic carbocycles. The molecular weight excluding hydrogens is 476 g/mol. The summed E-state index contributed by atoms with van der Waals surface area (Å²) < 4.78 is 4.94. The monoisotopic (exact) mass is 496 g/mol. The molecule has 3 heterocycles. The van der Waals surface area contributed by atoms with Crippen molar-refractivity contribution >= 4 is 51.4 Å². The maximum absolute atomic E-state index is 13.8. The number of carbonyl (C=O) groups excluding carboxylic acids is 3. The average Bonchev–Trinajstić information content (AvgIpc) is 3.45. The third-order valence-electron chi connectivity index (χ3n) is 6.30. The number of hydrogen-bond acceptors (Lipinski definition) is 7. The number of halogens is 1. The first kappa shape index (κ1) is 22.6. The molecular formula is C25H21ClN2O5S. The topological polar surface area (TPSA) is 76.2 Å². The molecule has 0 bridgehead atoms. The molecule has 2 aliphatic heterocycles. The van der Waals surface area contributed by atoms with Crippen LogP contribution in [0.2, 0.25) is 5.02 Å². The fourth-order valence-corrected chi connectivity index (χ4v) is 5.81. The lowest BCUT2D eigenvalue weighted by atomic mass is 9.90. The van der Waals surface area contributed by atoms with Gasteiger partial charge < -0.3 is 4.74 Å². The Labute approximate surface area is 205 Å². The van der Waals surface area contributed by atoms with Crippen molar-refractivity contribution in [3.05, 3.63) is 81.2 Å². The summed E-state index contributed by atoms with van der Waals surface area (Å²) in [5, 5.41) is 2.46. The standard InChI is InChI=1S/C25H21ClN2O5S/c1-13-14(2)34-24(18(13)25(31)32-3)27-22(29)19-20(15-7-5-4-6-8-15)28(33-21(19)23(27)30)17-11-9-16(26)10-12-17/h4-12,19-21H,1-3H3/t19-,20+,21+/m1/s1. The highest BCUT2D eigenvalue weighted by atomic mass is 35.5. The van der Waals surface area contributed by atoms with Crippen LogP contribution in [0.25, 0.3) is 0 Å². The minimum Gasteiger partial charge on any atom is -0.465 e. The van der Waals surface area contributed by atoms with Gasteiger partial charge in [0.15, 0.2) is 6.10 Å². The summed E-state index contributed by atoms with van der Waals surface area (Å²) in [5.41, 5.74) is 2.43. The van der Waals surface area contributed by atoms with Crippen LogP contribution in [-0.2, 0) is 19.2 Å². The maximum atomic E-state index is 13.8. The average molecular weight is 497 g/mol. The molecule has 2 amide bonds. The number of esters is 1. The molecule has 5 rings (SSSR count). The van der Waals surface area contributed by atoms with Gasteiger partial charge in [-0.05, 0) is 49.2 Å². The van der Waals surface area contributed by atoms with E-state index in [4.69, 9.17) is 21.2 Å². The molecule has 0 spiro atoms. The van der Waals surface area contributed by atoms with Gasteiger partial charge >= 0.3 is 5.97 Å². The zero-order valence-electron chi connectivity index (χ0n) is 18.7. The number of hydrogen-bond donors (Lipinski definition) is 0. The number of thiophene rings is 1. The molecule has 3 aromatic rings. The predicted molar refractivity (Wildman–Crippen MR) is 129 cm³/mol. The third kappa shape index (κ3) is 3.41. The number of methoxy groups -OCH3 is 1. The highest BCUT2D eigenvalue weighted by molar-refractivity contribution is 7.17. The number of imide groups is 1. The fraction of sp³-hybridized carbons (Fsp3) is 0.240. The Balaban J connectivity index is 1.60. The summed E-state index contributed by atoms with van der Waals surface area (Å²) in [4.78, 5) is 48.0. The van der Waals surface area contributed by atoms with Crippen molar-refractivity contribution in [2.45, 2.75) is 26.0 Å². The maximum Gasteiger partial charge on any atom is 0.341 e. The molecule has 0 unspecified atom stereocenters. The van der Waals surface area contributed by atoms with Gasteiger partial charge in [-0.25, -0.2) is 14.8 Å². The molecule has 2 aliphatic rings. The van der Waals surface area contributed by atoms with E-state index in [1.54, 1.807) is 36.3 Å². The summed E-state index contributed by atoms with van der Waals surface area (Å²) in [6, 6.07) is 15.9. The summed E-state index contributed by atoms with van der Waals surface area (Å²) in [5.74, 6) is -2.29. The van der Waals surface area contributed by atoms with Crippen molar-refractivity contribution in [3.63, 3.8) is 0 Å². The molecule has 0 radical (unpaired) electrons. The Morgan fingerprint density at radius 1 is 1.03 bits per heavy atom. The molecule has 2 saturated heterocycles. The van der Waals surface area contributed by atoms with Crippen molar-refractivity contribution < 1.29 is 24.0 Å². The second kappa shape index (κ2) is 8.54. The van der Waals surface area contributed by atoms with Gasteiger partial charge in [0, 0.05) is 9.90 Å². The van der Waals surface area contributed by atoms with Gasteiger partial charge in [-0.15, -0.1) is 11.3 Å². The van der Waals surface area contributed by atoms with E-state index >= 15 is 0 Å². The number of nitrogens with zero attached hydrogens (tertiary/aromatic N) is 2. The van der Waals surface area contributed by atoms with Gasteiger partial charge in [-0.2, -0.15) is 0 Å². The Hall–Kier alpha value is -3.20. The van der Waals surface area contributed by atoms with Crippen molar-refractivity contribution in [1.29, 1.82) is 0 Å². The van der Waals surface area contributed by atoms with Crippen LogP contribution in [0, 0.1) is 19.8 Å². The largest absolute Gasteiger partial charge is 0.465 e. The SMILES string of the molecule is COC(=O)c1c(N2C(=O)[C@H]3[C@H](ON(c4ccc(Cl)cc4)[C@H]3c3ccccc3)C2=O)sc(C)c1C. The first-order chi connectivity index (χ1) is 16.3. The molecule has 7 nitrogen and oxygen atoms in total. The van der Waals surface area contributed by atoms with E-state index in [0.29, 0.717) is 16.3 Å². The molecule has 1 aromatic heterocycles. The van der Waals surface area contributed by atoms with E-state index in [2.05, 4.69) is 0 Å². The predicted octanol–water partition coefficient (Wildman–Crippen LogP) is 4.86. The molecule has 3 atom stereocenters. The van der Waals surface area contributed by atoms with Crippen LogP contribution in [0.3, 0.4) is 0 Å². The molecule has 2 fully saturated rings. The number of carbonyl (C=O) groups is 3. The normalized spacial score (nSPS) is 21.8. The van der Waals surface area contributed by atoms with Crippen LogP contribution in [0.15, 0.2) is 54.6 Å². The molecule has 34 heavy (non-hydrogen) atoms. The third-order valence-corrected chi connectivity index (χ3v) is 7.74. The number of fused-ring (bicyclic) bond motifs is 1. The van der Waals surface area contributed by atoms with Crippen LogP contribution in [0.5, 0.6) is 0 Å². The van der Waals surface area contributed by atoms with Gasteiger partial charge in [-0.3, -0.25) is 14.4 Å². The van der Waals surface area contributed by atoms with Gasteiger partial charge in [0.05, 0.1) is 24.4 Å². The highest BCUT2D eigenvalue weighted by Crippen LogP contribution is 2.49. The molecule has 0 saturated carbocycles. The number of rotatable bonds is 4. The van der Waals surface area contributed by atoms with Gasteiger partial charge in [0.1, 0.15) is 10.9 Å². The first-order valence-corrected chi connectivity index (χ1v) is 11.9. The van der Waals surface area contributed by atoms with Crippen molar-refractivity contribution in [2.24, 2.45) is 5.92 Å². The Morgan fingerprint density at radius 3 is 2.35 bits per heavy atom. The van der Waals surface area contributed by atoms with Crippen LogP contribution in [0.4, 0.5) is 10.7 Å². The van der Waals surface area contributed by atoms with E-state index in [1.807, 2.05) is 37.3 Å². The zero-order chi connectivity index (χ0) is 24.1. The molecule has 0 N–H and O–H groups in total. The van der Waals surface area contributed by atoms with Crippen LogP contribution < -0.4 is 9.96 Å². The van der Waals surface area contributed by atoms with E-state index in [9.17, 15) is 14.4 Å². The van der Waals surface area contributed by atoms with Gasteiger partial charge in [0.2, 0.25) is 5.91 Å². The lowest BCUT2D eigenvalue weighted by Crippen LogP contribution is -2.37. The van der Waals surface area contributed by atoms with E-state index < -0.39 is 35.8 Å². The minimum absolute atomic E-state index is 0.234. The fourth-order valence-electron chi connectivity index (χ4n) is 4.52. The van der Waals surface area contributed by atoms with Crippen LogP contribution >= 0.6 is 22.9 Å². The first-order valence-electron chi connectivity index (χ1n) is 10.7. The number of amides is 2. The zero-order valence-corrected chi connectivity index (χ0v) is 20.2. The Bertz CT molecular complexity index is 1290. The summed E-state index contributed by atoms with van der Waals surface area (Å²) in [6.07, 6.45) is -1.03. The Morgan fingerprint density at radius 2 is 1.71 bits per heavy atom. The lowest BCUT2D eigenvalue weighted by Gasteiger charge is -2.28. The second-order valence-corrected chi connectivity index (χ2v) is 9.82. The summed E-state index contributed by atoms with van der Waals surface area (Å²) in [7, 11) is 1.28. The number of benzene rings is 2. The van der Waals surface area contributed by atoms with Crippen LogP contribution in [0.1, 0.15) is 32.4 Å². The summed E-state index contributed by atoms with van der Waals surface area (Å²) in [6.45, 7) is 3.62. The van der Waals surface area contributed by atoms with Gasteiger partial charge in [0.25, 0.3) is 5.91 Å². The van der Waals surface area contributed by atoms with Crippen molar-refractivity contribution in [2.75, 3.05) is 17.1 Å². The number of aryl methyl sites for hydroxylation is 1. The number of anilines is 2. The van der Waals surface area contributed by atoms with E-state index in [1.165, 1.54) is 18.4 Å². The molecule has 0 aliphatic carbocycles. The second-order valence-electron chi connectivity index (χ2n) is 8.18. The summed E-state index contributed by atoms with van der Waals surface area (Å²) >= 11 is 7.28. The highest BCUT2D eigenvalue weighted by Gasteiger charge is 2.61. The van der Waals surface area contributed by atoms with Crippen molar-refractivity contribution in [1.82, 2.24) is 0 Å². The minimum atomic E-state index is -1.03. The van der Waals surface area contributed by atoms with Crippen LogP contribution in [-0.4, -0.2) is 31.0 Å². The smallest absolute Gasteiger partial charge is 0.341 e.